The average molecular weight is 214 g/mol. The van der Waals surface area contributed by atoms with Crippen molar-refractivity contribution in [2.24, 2.45) is 0 Å². The Morgan fingerprint density at radius 3 is 2.33 bits per heavy atom. The zero-order valence-corrected chi connectivity index (χ0v) is 6.16. The molecule has 0 fully saturated rings. The molecular weight excluding hydrogens is 210 g/mol. The van der Waals surface area contributed by atoms with Gasteiger partial charge < -0.3 is 0 Å². The van der Waals surface area contributed by atoms with E-state index >= 15 is 0 Å². The van der Waals surface area contributed by atoms with Crippen LogP contribution in [0.15, 0.2) is 0 Å². The van der Waals surface area contributed by atoms with E-state index in [9.17, 15) is 4.21 Å². The van der Waals surface area contributed by atoms with E-state index in [0.717, 1.165) is 4.43 Å². The zero-order valence-electron chi connectivity index (χ0n) is 3.19. The van der Waals surface area contributed by atoms with Crippen LogP contribution >= 0.6 is 22.6 Å². The number of alkyl halides is 1. The normalized spacial score (nSPS) is 8.50. The van der Waals surface area contributed by atoms with Crippen LogP contribution in [-0.2, 0) is 10.0 Å². The number of hydrogen-bond donors (Lipinski definition) is 0. The van der Waals surface area contributed by atoms with E-state index < -0.39 is 10.0 Å². The second kappa shape index (κ2) is 3.99. The molecule has 1 nitrogen and oxygen atoms in total. The van der Waals surface area contributed by atoms with Gasteiger partial charge in [0.25, 0.3) is 0 Å². The molecule has 4 heteroatoms. The Bertz CT molecular complexity index is 125. The molecule has 0 N–H and O–H groups in total. The first kappa shape index (κ1) is 6.81. The van der Waals surface area contributed by atoms with Crippen molar-refractivity contribution in [1.82, 2.24) is 0 Å². The molecule has 0 aromatic carbocycles. The minimum atomic E-state index is -1.07. The quantitative estimate of drug-likeness (QED) is 0.347. The van der Waals surface area contributed by atoms with E-state index in [-0.39, 0.29) is 0 Å². The summed E-state index contributed by atoms with van der Waals surface area (Å²) in [4.78, 5) is 0. The fourth-order valence-electron chi connectivity index (χ4n) is 0.0760. The third kappa shape index (κ3) is 4.81. The van der Waals surface area contributed by atoms with Crippen molar-refractivity contribution in [1.29, 1.82) is 0 Å². The first-order valence-electron chi connectivity index (χ1n) is 1.46. The number of rotatable bonds is 1. The van der Waals surface area contributed by atoms with Gasteiger partial charge in [-0.05, 0) is 0 Å². The molecule has 0 aliphatic heterocycles. The molecule has 0 atom stereocenters. The Balaban J connectivity index is 3.16. The van der Waals surface area contributed by atoms with Crippen molar-refractivity contribution in [2.45, 2.75) is 0 Å². The average Bonchev–Trinajstić information content (AvgIpc) is 1.35. The summed E-state index contributed by atoms with van der Waals surface area (Å²) in [5.41, 5.74) is 0. The first-order valence-corrected chi connectivity index (χ1v) is 4.37. The summed E-state index contributed by atoms with van der Waals surface area (Å²) in [6.45, 7) is 4.87. The molecule has 0 rings (SSSR count). The molecule has 34 valence electrons. The predicted octanol–water partition coefficient (Wildman–Crippen LogP) is 0.254. The van der Waals surface area contributed by atoms with Crippen LogP contribution in [0.2, 0.25) is 0 Å². The van der Waals surface area contributed by atoms with Crippen LogP contribution in [0.5, 0.6) is 0 Å². The van der Waals surface area contributed by atoms with Crippen molar-refractivity contribution >= 4 is 39.2 Å². The third-order valence-electron chi connectivity index (χ3n) is 0.278. The van der Waals surface area contributed by atoms with Gasteiger partial charge in [-0.1, -0.05) is 0 Å². The van der Waals surface area contributed by atoms with Gasteiger partial charge in [-0.2, -0.15) is 0 Å². The van der Waals surface area contributed by atoms with E-state index in [1.165, 1.54) is 0 Å². The maximum atomic E-state index is 9.93. The molecule has 0 spiro atoms. The molecule has 0 aliphatic rings. The van der Waals surface area contributed by atoms with Crippen LogP contribution < -0.4 is 0 Å². The molecule has 0 heterocycles. The molecule has 0 saturated heterocycles. The second-order valence-electron chi connectivity index (χ2n) is 0.774. The Kier molecular flexibility index (Phi) is 4.53. The monoisotopic (exact) mass is 214 g/mol. The van der Waals surface area contributed by atoms with Gasteiger partial charge in [-0.25, -0.2) is 0 Å². The van der Waals surface area contributed by atoms with E-state index in [2.05, 4.69) is 22.6 Å². The molecule has 0 aromatic heterocycles. The third-order valence-corrected chi connectivity index (χ3v) is 2.16. The summed E-state index contributed by atoms with van der Waals surface area (Å²) in [6.07, 6.45) is 0. The standard InChI is InChI=1S/C2H4BIOS/c3-6(5)2-1-4/h1-2H2. The fourth-order valence-corrected chi connectivity index (χ4v) is 1.53. The number of halogens is 1. The van der Waals surface area contributed by atoms with Crippen molar-refractivity contribution < 1.29 is 4.21 Å². The van der Waals surface area contributed by atoms with Crippen molar-refractivity contribution in [3.8, 4) is 0 Å². The van der Waals surface area contributed by atoms with Gasteiger partial charge in [0.1, 0.15) is 0 Å². The fraction of sp³-hybridized carbons (Fsp3) is 1.00. The summed E-state index contributed by atoms with van der Waals surface area (Å²) >= 11 is 2.13. The number of hydrogen-bond acceptors (Lipinski definition) is 1. The van der Waals surface area contributed by atoms with E-state index in [1.54, 1.807) is 0 Å². The van der Waals surface area contributed by atoms with Gasteiger partial charge in [0, 0.05) is 0 Å². The summed E-state index contributed by atoms with van der Waals surface area (Å²) < 4.78 is 10.8. The van der Waals surface area contributed by atoms with Gasteiger partial charge in [0.05, 0.1) is 0 Å². The zero-order chi connectivity index (χ0) is 4.99. The molecule has 0 radical (unpaired) electrons. The van der Waals surface area contributed by atoms with Gasteiger partial charge in [-0.15, -0.1) is 0 Å². The Labute approximate surface area is 53.6 Å². The van der Waals surface area contributed by atoms with Crippen LogP contribution in [-0.4, -0.2) is 20.9 Å². The SMILES string of the molecule is B#S(=O)CCI. The van der Waals surface area contributed by atoms with E-state index in [4.69, 9.17) is 6.53 Å². The first-order chi connectivity index (χ1) is 2.77. The molecule has 0 unspecified atom stereocenters. The second-order valence-corrected chi connectivity index (χ2v) is 3.02. The van der Waals surface area contributed by atoms with Crippen LogP contribution in [0.4, 0.5) is 0 Å². The molecule has 6 heavy (non-hydrogen) atoms. The predicted molar refractivity (Wildman–Crippen MR) is 37.7 cm³/mol. The summed E-state index contributed by atoms with van der Waals surface area (Å²) in [6, 6.07) is 0. The summed E-state index contributed by atoms with van der Waals surface area (Å²) in [5, 5.41) is 0. The molecule has 0 bridgehead atoms. The summed E-state index contributed by atoms with van der Waals surface area (Å²) in [7, 11) is -1.07. The van der Waals surface area contributed by atoms with Crippen LogP contribution in [0.25, 0.3) is 0 Å². The topological polar surface area (TPSA) is 17.1 Å². The van der Waals surface area contributed by atoms with Crippen molar-refractivity contribution in [2.75, 3.05) is 10.2 Å². The van der Waals surface area contributed by atoms with E-state index in [1.807, 2.05) is 0 Å². The molecule has 0 saturated carbocycles. The molecule has 0 aromatic rings. The summed E-state index contributed by atoms with van der Waals surface area (Å²) in [5.74, 6) is 0.612. The Hall–Kier alpha value is 0.815. The van der Waals surface area contributed by atoms with Gasteiger partial charge in [-0.3, -0.25) is 0 Å². The maximum absolute atomic E-state index is 9.93. The Morgan fingerprint density at radius 2 is 2.33 bits per heavy atom. The van der Waals surface area contributed by atoms with Gasteiger partial charge in [0.15, 0.2) is 0 Å². The van der Waals surface area contributed by atoms with Crippen molar-refractivity contribution in [3.05, 3.63) is 0 Å². The molecule has 0 aliphatic carbocycles. The van der Waals surface area contributed by atoms with E-state index in [0.29, 0.717) is 5.75 Å². The molecule has 0 amide bonds. The van der Waals surface area contributed by atoms with Crippen LogP contribution in [0, 0.1) is 0 Å². The van der Waals surface area contributed by atoms with Crippen LogP contribution in [0.3, 0.4) is 0 Å². The molecular formula is C2H4BIOS. The minimum absolute atomic E-state index is 0.612. The van der Waals surface area contributed by atoms with Gasteiger partial charge in [0.2, 0.25) is 0 Å². The Morgan fingerprint density at radius 1 is 1.83 bits per heavy atom. The van der Waals surface area contributed by atoms with Crippen LogP contribution in [0.1, 0.15) is 0 Å². The van der Waals surface area contributed by atoms with Crippen molar-refractivity contribution in [3.63, 3.8) is 0 Å². The van der Waals surface area contributed by atoms with Gasteiger partial charge >= 0.3 is 53.5 Å².